The van der Waals surface area contributed by atoms with Gasteiger partial charge in [-0.2, -0.15) is 0 Å². The molecule has 7 nitrogen and oxygen atoms in total. The molecule has 1 aromatic carbocycles. The zero-order valence-corrected chi connectivity index (χ0v) is 36.6. The minimum Gasteiger partial charge on any atom is -0.462 e. The summed E-state index contributed by atoms with van der Waals surface area (Å²) < 4.78 is 12.4. The van der Waals surface area contributed by atoms with Gasteiger partial charge in [0.05, 0.1) is 34.1 Å². The summed E-state index contributed by atoms with van der Waals surface area (Å²) >= 11 is 0. The van der Waals surface area contributed by atoms with E-state index in [1.807, 2.05) is 6.92 Å². The monoisotopic (exact) mass is 811 g/mol. The van der Waals surface area contributed by atoms with E-state index in [4.69, 9.17) is 9.47 Å². The minimum absolute atomic E-state index is 0.163. The third kappa shape index (κ3) is 7.66. The second kappa shape index (κ2) is 16.9. The summed E-state index contributed by atoms with van der Waals surface area (Å²) in [6.07, 6.45) is 20.0. The molecule has 5 saturated carbocycles. The third-order valence-corrected chi connectivity index (χ3v) is 18.3. The predicted molar refractivity (Wildman–Crippen MR) is 230 cm³/mol. The van der Waals surface area contributed by atoms with Gasteiger partial charge in [-0.15, -0.1) is 5.92 Å². The maximum absolute atomic E-state index is 14.9. The first kappa shape index (κ1) is 43.0. The summed E-state index contributed by atoms with van der Waals surface area (Å²) in [5.74, 6) is 6.77. The Balaban J connectivity index is 1.21. The number of esters is 2. The second-order valence-electron chi connectivity index (χ2n) is 21.6. The molecule has 0 amide bonds. The average molecular weight is 811 g/mol. The van der Waals surface area contributed by atoms with Gasteiger partial charge in [0.15, 0.2) is 0 Å². The fraction of sp³-hybridized carbons (Fsp3) is 0.769. The van der Waals surface area contributed by atoms with Crippen LogP contribution in [0.4, 0.5) is 0 Å². The van der Waals surface area contributed by atoms with Gasteiger partial charge in [0.1, 0.15) is 12.7 Å². The van der Waals surface area contributed by atoms with Gasteiger partial charge in [0.25, 0.3) is 0 Å². The molecular weight excluding hydrogens is 737 g/mol. The van der Waals surface area contributed by atoms with Crippen LogP contribution < -0.4 is 0 Å². The van der Waals surface area contributed by atoms with Gasteiger partial charge in [-0.25, -0.2) is 4.79 Å². The molecule has 0 saturated heterocycles. The normalized spacial score (nSPS) is 37.5. The molecule has 324 valence electrons. The number of rotatable bonds is 12. The lowest BCUT2D eigenvalue weighted by atomic mass is 9.35. The first-order valence-corrected chi connectivity index (χ1v) is 24.0. The van der Waals surface area contributed by atoms with Gasteiger partial charge in [0.2, 0.25) is 0 Å². The van der Waals surface area contributed by atoms with Crippen LogP contribution in [-0.2, 0) is 25.5 Å². The van der Waals surface area contributed by atoms with Gasteiger partial charge in [-0.1, -0.05) is 88.6 Å². The van der Waals surface area contributed by atoms with Crippen LogP contribution in [0.15, 0.2) is 42.0 Å². The topological polar surface area (TPSA) is 113 Å². The van der Waals surface area contributed by atoms with E-state index < -0.39 is 51.5 Å². The van der Waals surface area contributed by atoms with Gasteiger partial charge in [-0.3, -0.25) is 4.79 Å². The van der Waals surface area contributed by atoms with Crippen LogP contribution in [0.3, 0.4) is 0 Å². The number of ether oxygens (including phenoxy) is 2. The van der Waals surface area contributed by atoms with Crippen molar-refractivity contribution in [3.8, 4) is 11.8 Å². The first-order chi connectivity index (χ1) is 28.3. The Labute approximate surface area is 354 Å². The summed E-state index contributed by atoms with van der Waals surface area (Å²) in [6, 6.07) is 10.6. The highest BCUT2D eigenvalue weighted by atomic mass is 16.5. The zero-order valence-electron chi connectivity index (χ0n) is 36.6. The van der Waals surface area contributed by atoms with Gasteiger partial charge >= 0.3 is 11.9 Å². The smallest absolute Gasteiger partial charge is 0.331 e. The average Bonchev–Trinajstić information content (AvgIpc) is 3.88. The van der Waals surface area contributed by atoms with Gasteiger partial charge in [-0.05, 0) is 143 Å². The number of hydrogen-bond acceptors (Lipinski definition) is 7. The molecule has 2 bridgehead atoms. The van der Waals surface area contributed by atoms with Crippen LogP contribution in [0.5, 0.6) is 0 Å². The van der Waals surface area contributed by atoms with Crippen molar-refractivity contribution in [2.75, 3.05) is 6.61 Å². The van der Waals surface area contributed by atoms with E-state index >= 15 is 0 Å². The Morgan fingerprint density at radius 1 is 0.864 bits per heavy atom. The van der Waals surface area contributed by atoms with Crippen molar-refractivity contribution in [1.82, 2.24) is 0 Å². The Bertz CT molecular complexity index is 1750. The summed E-state index contributed by atoms with van der Waals surface area (Å²) in [5.41, 5.74) is -2.73. The number of carbonyl (C=O) groups excluding carboxylic acids is 2. The van der Waals surface area contributed by atoms with E-state index in [-0.39, 0.29) is 25.0 Å². The molecule has 3 N–H and O–H groups in total. The molecule has 2 heterocycles. The molecule has 9 atom stereocenters. The lowest BCUT2D eigenvalue weighted by Crippen LogP contribution is -2.79. The van der Waals surface area contributed by atoms with Crippen molar-refractivity contribution in [2.45, 2.75) is 199 Å². The summed E-state index contributed by atoms with van der Waals surface area (Å²) in [5, 5.41) is 40.6. The molecular formula is C52H74O7. The molecule has 0 unspecified atom stereocenters. The van der Waals surface area contributed by atoms with E-state index in [1.165, 1.54) is 44.1 Å². The number of carbonyl (C=O) groups is 2. The largest absolute Gasteiger partial charge is 0.462 e. The molecule has 2 spiro atoms. The fourth-order valence-electron chi connectivity index (χ4n) is 14.8. The molecule has 0 radical (unpaired) electrons. The predicted octanol–water partition coefficient (Wildman–Crippen LogP) is 9.97. The Morgan fingerprint density at radius 2 is 1.58 bits per heavy atom. The lowest BCUT2D eigenvalue weighted by Gasteiger charge is -2.72. The van der Waals surface area contributed by atoms with Crippen molar-refractivity contribution in [2.24, 2.45) is 44.8 Å². The Kier molecular flexibility index (Phi) is 12.3. The van der Waals surface area contributed by atoms with Crippen LogP contribution in [0.1, 0.15) is 174 Å². The number of aliphatic hydroxyl groups is 3. The number of cyclic esters (lactones) is 1. The van der Waals surface area contributed by atoms with E-state index in [0.29, 0.717) is 49.4 Å². The third-order valence-electron chi connectivity index (χ3n) is 18.3. The number of aliphatic hydroxyl groups excluding tert-OH is 2. The minimum atomic E-state index is -1.67. The standard InChI is InChI=1S/C52H74O7/c1-37(14-12-17-38-15-6-4-7-16-38)18-19-42(53)52-43(54)23-30-48(3,40-21-31-49(32-22-40)25-10-11-26-49)45(52)41-35-47(2,51(52,57)33-20-39-34-44(55)58-36-39)24-13-29-50(46(56)59-41)27-8-5-9-28-50/h4,6-7,15-16,34,37,40-43,45,53-54,57H,5,8-12,14,17-23,25-33,35-36H2,1-3H3/t37-,41+,42+,43-,45+,47+,48+,51-,52+/m1/s1. The summed E-state index contributed by atoms with van der Waals surface area (Å²) in [6.45, 7) is 6.85. The van der Waals surface area contributed by atoms with E-state index in [1.54, 1.807) is 6.08 Å². The number of benzene rings is 1. The van der Waals surface area contributed by atoms with Gasteiger partial charge < -0.3 is 24.8 Å². The molecule has 0 aromatic heterocycles. The van der Waals surface area contributed by atoms with Crippen LogP contribution in [-0.4, -0.2) is 57.8 Å². The van der Waals surface area contributed by atoms with Crippen LogP contribution in [0.25, 0.3) is 0 Å². The highest BCUT2D eigenvalue weighted by molar-refractivity contribution is 5.85. The van der Waals surface area contributed by atoms with Crippen molar-refractivity contribution in [1.29, 1.82) is 0 Å². The maximum atomic E-state index is 14.9. The van der Waals surface area contributed by atoms with E-state index in [0.717, 1.165) is 82.6 Å². The number of hydrogen-bond donors (Lipinski definition) is 3. The van der Waals surface area contributed by atoms with Crippen molar-refractivity contribution >= 4 is 11.9 Å². The number of fused-ring (bicyclic) bond motifs is 4. The molecule has 5 aliphatic carbocycles. The Morgan fingerprint density at radius 3 is 2.27 bits per heavy atom. The molecule has 1 aromatic rings. The van der Waals surface area contributed by atoms with E-state index in [9.17, 15) is 24.9 Å². The maximum Gasteiger partial charge on any atom is 0.331 e. The molecule has 2 aliphatic heterocycles. The Hall–Kier alpha value is -2.66. The molecule has 5 fully saturated rings. The van der Waals surface area contributed by atoms with Crippen LogP contribution in [0, 0.1) is 56.7 Å². The lowest BCUT2D eigenvalue weighted by molar-refractivity contribution is -0.339. The molecule has 59 heavy (non-hydrogen) atoms. The van der Waals surface area contributed by atoms with Crippen molar-refractivity contribution in [3.05, 3.63) is 47.5 Å². The molecule has 7 heteroatoms. The van der Waals surface area contributed by atoms with Gasteiger partial charge in [0, 0.05) is 24.8 Å². The summed E-state index contributed by atoms with van der Waals surface area (Å²) in [7, 11) is 0. The number of aryl methyl sites for hydroxylation is 1. The SMILES string of the molecule is C[C@H](CCCc1ccccc1)CC[C@H](O)[C@]12[C@H](O)CC[C@@](C)(C3CCC4(CCCC4)CC3)[C@@H]1[C@@H]1C[C@](C)(C#CCC3(CCCCC3)C(=O)O1)[C@]2(O)CCC1=CC(=O)OC1. The van der Waals surface area contributed by atoms with E-state index in [2.05, 4.69) is 56.0 Å². The van der Waals surface area contributed by atoms with Crippen molar-refractivity contribution < 1.29 is 34.4 Å². The van der Waals surface area contributed by atoms with Crippen LogP contribution >= 0.6 is 0 Å². The highest BCUT2D eigenvalue weighted by Crippen LogP contribution is 2.72. The van der Waals surface area contributed by atoms with Crippen LogP contribution in [0.2, 0.25) is 0 Å². The molecule has 7 aliphatic rings. The zero-order chi connectivity index (χ0) is 41.5. The van der Waals surface area contributed by atoms with Crippen molar-refractivity contribution in [3.63, 3.8) is 0 Å². The summed E-state index contributed by atoms with van der Waals surface area (Å²) in [4.78, 5) is 27.2. The highest BCUT2D eigenvalue weighted by Gasteiger charge is 2.78. The fourth-order valence-corrected chi connectivity index (χ4v) is 14.8. The second-order valence-corrected chi connectivity index (χ2v) is 21.6. The molecule has 8 rings (SSSR count). The first-order valence-electron chi connectivity index (χ1n) is 24.0. The quantitative estimate of drug-likeness (QED) is 0.142.